The van der Waals surface area contributed by atoms with Crippen molar-refractivity contribution < 1.29 is 0 Å². The third kappa shape index (κ3) is 2.68. The van der Waals surface area contributed by atoms with Gasteiger partial charge in [-0.3, -0.25) is 4.57 Å². The Morgan fingerprint density at radius 1 is 1.18 bits per heavy atom. The summed E-state index contributed by atoms with van der Waals surface area (Å²) in [4.78, 5) is 16.6. The first-order valence-electron chi connectivity index (χ1n) is 6.92. The minimum atomic E-state index is -0.361. The minimum absolute atomic E-state index is 0.361. The largest absolute Gasteiger partial charge is 0.368 e. The van der Waals surface area contributed by atoms with E-state index in [4.69, 9.17) is 17.3 Å². The number of fused-ring (bicyclic) bond motifs is 1. The molecule has 0 bridgehead atoms. The van der Waals surface area contributed by atoms with Gasteiger partial charge in [-0.2, -0.15) is 4.98 Å². The number of hydrogen-bond donors (Lipinski definition) is 2. The average molecular weight is 315 g/mol. The Morgan fingerprint density at radius 2 is 1.95 bits per heavy atom. The molecule has 0 unspecified atom stereocenters. The fourth-order valence-corrected chi connectivity index (χ4v) is 2.52. The molecule has 1 aromatic heterocycles. The van der Waals surface area contributed by atoms with Gasteiger partial charge in [-0.1, -0.05) is 29.8 Å². The molecule has 0 aliphatic rings. The second kappa shape index (κ2) is 6.17. The van der Waals surface area contributed by atoms with Crippen molar-refractivity contribution in [3.05, 3.63) is 64.0 Å². The van der Waals surface area contributed by atoms with E-state index < -0.39 is 0 Å². The fraction of sp³-hybridized carbons (Fsp3) is 0.125. The molecule has 0 radical (unpaired) electrons. The number of nitrogens with two attached hydrogens (primary N) is 1. The van der Waals surface area contributed by atoms with E-state index >= 15 is 0 Å². The summed E-state index contributed by atoms with van der Waals surface area (Å²) in [5, 5.41) is 4.47. The van der Waals surface area contributed by atoms with Gasteiger partial charge in [0, 0.05) is 23.5 Å². The molecule has 0 aliphatic carbocycles. The van der Waals surface area contributed by atoms with E-state index in [0.29, 0.717) is 29.4 Å². The van der Waals surface area contributed by atoms with Crippen LogP contribution in [0.15, 0.2) is 53.3 Å². The predicted octanol–water partition coefficient (Wildman–Crippen LogP) is 2.41. The second-order valence-corrected chi connectivity index (χ2v) is 5.23. The molecule has 22 heavy (non-hydrogen) atoms. The molecule has 3 rings (SSSR count). The molecular weight excluding hydrogens is 300 g/mol. The Hall–Kier alpha value is -2.37. The number of hydrogen-bond acceptors (Lipinski definition) is 4. The summed E-state index contributed by atoms with van der Waals surface area (Å²) < 4.78 is 1.55. The molecular formula is C16H15ClN4O. The molecule has 0 fully saturated rings. The van der Waals surface area contributed by atoms with Crippen molar-refractivity contribution in [2.24, 2.45) is 5.73 Å². The number of para-hydroxylation sites is 1. The average Bonchev–Trinajstić information content (AvgIpc) is 2.53. The lowest BCUT2D eigenvalue weighted by Crippen LogP contribution is -2.24. The third-order valence-corrected chi connectivity index (χ3v) is 3.54. The van der Waals surface area contributed by atoms with E-state index in [9.17, 15) is 4.79 Å². The van der Waals surface area contributed by atoms with E-state index in [2.05, 4.69) is 10.3 Å². The first-order valence-corrected chi connectivity index (χ1v) is 7.30. The second-order valence-electron chi connectivity index (χ2n) is 4.79. The van der Waals surface area contributed by atoms with Crippen molar-refractivity contribution in [2.45, 2.75) is 0 Å². The summed E-state index contributed by atoms with van der Waals surface area (Å²) in [6.07, 6.45) is 0. The standard InChI is InChI=1S/C16H15ClN4O/c17-11-6-7-13-14(10-11)21(12-4-2-1-3-5-12)16(22)20-15(13)19-9-8-18/h1-7,10H,8-9,18H2,(H,19,20,22). The quantitative estimate of drug-likeness (QED) is 0.775. The smallest absolute Gasteiger partial charge is 0.354 e. The fourth-order valence-electron chi connectivity index (χ4n) is 2.35. The summed E-state index contributed by atoms with van der Waals surface area (Å²) in [6.45, 7) is 0.998. The molecule has 0 saturated heterocycles. The zero-order valence-electron chi connectivity index (χ0n) is 11.8. The molecule has 3 aromatic rings. The first-order chi connectivity index (χ1) is 10.7. The number of aromatic nitrogens is 2. The lowest BCUT2D eigenvalue weighted by Gasteiger charge is -2.13. The summed E-state index contributed by atoms with van der Waals surface area (Å²) in [6, 6.07) is 14.8. The van der Waals surface area contributed by atoms with E-state index in [1.54, 1.807) is 16.7 Å². The van der Waals surface area contributed by atoms with Gasteiger partial charge in [-0.15, -0.1) is 0 Å². The van der Waals surface area contributed by atoms with Gasteiger partial charge in [0.2, 0.25) is 0 Å². The normalized spacial score (nSPS) is 10.8. The lowest BCUT2D eigenvalue weighted by molar-refractivity contribution is 0.945. The molecule has 3 N–H and O–H groups in total. The first kappa shape index (κ1) is 14.6. The van der Waals surface area contributed by atoms with Crippen LogP contribution in [0.25, 0.3) is 16.6 Å². The van der Waals surface area contributed by atoms with Crippen LogP contribution in [0.2, 0.25) is 5.02 Å². The van der Waals surface area contributed by atoms with Crippen LogP contribution in [0.4, 0.5) is 5.82 Å². The number of rotatable bonds is 4. The van der Waals surface area contributed by atoms with Crippen molar-refractivity contribution in [1.82, 2.24) is 9.55 Å². The Labute approximate surface area is 132 Å². The van der Waals surface area contributed by atoms with Crippen LogP contribution in [0.1, 0.15) is 0 Å². The molecule has 112 valence electrons. The number of benzene rings is 2. The summed E-state index contributed by atoms with van der Waals surface area (Å²) in [5.41, 5.74) is 6.60. The van der Waals surface area contributed by atoms with Crippen LogP contribution in [0.5, 0.6) is 0 Å². The molecule has 0 aliphatic heterocycles. The van der Waals surface area contributed by atoms with Crippen LogP contribution >= 0.6 is 11.6 Å². The molecule has 6 heteroatoms. The van der Waals surface area contributed by atoms with Crippen molar-refractivity contribution in [1.29, 1.82) is 0 Å². The van der Waals surface area contributed by atoms with Crippen LogP contribution in [0.3, 0.4) is 0 Å². The highest BCUT2D eigenvalue weighted by Gasteiger charge is 2.12. The van der Waals surface area contributed by atoms with Crippen LogP contribution in [-0.4, -0.2) is 22.6 Å². The number of halogens is 1. The number of nitrogens with zero attached hydrogens (tertiary/aromatic N) is 2. The Bertz CT molecular complexity index is 861. The molecule has 1 heterocycles. The van der Waals surface area contributed by atoms with E-state index in [1.165, 1.54) is 0 Å². The Balaban J connectivity index is 2.31. The summed E-state index contributed by atoms with van der Waals surface area (Å²) >= 11 is 6.11. The molecule has 0 spiro atoms. The van der Waals surface area contributed by atoms with Crippen LogP contribution in [0, 0.1) is 0 Å². The maximum atomic E-state index is 12.5. The van der Waals surface area contributed by atoms with E-state index in [1.807, 2.05) is 36.4 Å². The molecule has 0 saturated carbocycles. The highest BCUT2D eigenvalue weighted by molar-refractivity contribution is 6.31. The summed E-state index contributed by atoms with van der Waals surface area (Å²) in [7, 11) is 0. The molecule has 0 amide bonds. The van der Waals surface area contributed by atoms with Gasteiger partial charge in [0.05, 0.1) is 11.2 Å². The zero-order chi connectivity index (χ0) is 15.5. The van der Waals surface area contributed by atoms with E-state index in [-0.39, 0.29) is 5.69 Å². The monoisotopic (exact) mass is 314 g/mol. The molecule has 5 nitrogen and oxygen atoms in total. The molecule has 0 atom stereocenters. The highest BCUT2D eigenvalue weighted by Crippen LogP contribution is 2.25. The minimum Gasteiger partial charge on any atom is -0.368 e. The Morgan fingerprint density at radius 3 is 2.68 bits per heavy atom. The van der Waals surface area contributed by atoms with Gasteiger partial charge < -0.3 is 11.1 Å². The maximum absolute atomic E-state index is 12.5. The molecule has 2 aromatic carbocycles. The maximum Gasteiger partial charge on any atom is 0.354 e. The van der Waals surface area contributed by atoms with Crippen molar-refractivity contribution in [3.8, 4) is 5.69 Å². The van der Waals surface area contributed by atoms with Crippen LogP contribution in [-0.2, 0) is 0 Å². The SMILES string of the molecule is NCCNc1nc(=O)n(-c2ccccc2)c2cc(Cl)ccc12. The topological polar surface area (TPSA) is 72.9 Å². The zero-order valence-corrected chi connectivity index (χ0v) is 12.5. The number of anilines is 1. The Kier molecular flexibility index (Phi) is 4.09. The summed E-state index contributed by atoms with van der Waals surface area (Å²) in [5.74, 6) is 0.522. The highest BCUT2D eigenvalue weighted by atomic mass is 35.5. The van der Waals surface area contributed by atoms with Gasteiger partial charge >= 0.3 is 5.69 Å². The van der Waals surface area contributed by atoms with Crippen LogP contribution < -0.4 is 16.7 Å². The van der Waals surface area contributed by atoms with E-state index in [0.717, 1.165) is 11.1 Å². The van der Waals surface area contributed by atoms with Gasteiger partial charge in [-0.25, -0.2) is 4.79 Å². The van der Waals surface area contributed by atoms with Gasteiger partial charge in [-0.05, 0) is 30.3 Å². The van der Waals surface area contributed by atoms with Crippen molar-refractivity contribution in [3.63, 3.8) is 0 Å². The number of nitrogens with one attached hydrogen (secondary N) is 1. The van der Waals surface area contributed by atoms with Gasteiger partial charge in [0.15, 0.2) is 0 Å². The van der Waals surface area contributed by atoms with Crippen molar-refractivity contribution >= 4 is 28.3 Å². The predicted molar refractivity (Wildman–Crippen MR) is 89.9 cm³/mol. The lowest BCUT2D eigenvalue weighted by atomic mass is 10.2. The van der Waals surface area contributed by atoms with Crippen molar-refractivity contribution in [2.75, 3.05) is 18.4 Å². The van der Waals surface area contributed by atoms with Gasteiger partial charge in [0.1, 0.15) is 5.82 Å². The third-order valence-electron chi connectivity index (χ3n) is 3.31. The van der Waals surface area contributed by atoms with Gasteiger partial charge in [0.25, 0.3) is 0 Å².